The fourth-order valence-electron chi connectivity index (χ4n) is 4.03. The van der Waals surface area contributed by atoms with E-state index in [4.69, 9.17) is 4.74 Å². The lowest BCUT2D eigenvalue weighted by atomic mass is 10.0. The summed E-state index contributed by atoms with van der Waals surface area (Å²) in [6, 6.07) is 19.9. The van der Waals surface area contributed by atoms with Crippen LogP contribution in [-0.2, 0) is 27.2 Å². The average Bonchev–Trinajstić information content (AvgIpc) is 3.31. The van der Waals surface area contributed by atoms with Gasteiger partial charge in [-0.3, -0.25) is 9.59 Å². The lowest BCUT2D eigenvalue weighted by Gasteiger charge is -2.22. The lowest BCUT2D eigenvalue weighted by Crippen LogP contribution is -2.53. The predicted molar refractivity (Wildman–Crippen MR) is 134 cm³/mol. The van der Waals surface area contributed by atoms with E-state index in [0.29, 0.717) is 0 Å². The fourth-order valence-corrected chi connectivity index (χ4v) is 4.03. The van der Waals surface area contributed by atoms with Crippen molar-refractivity contribution in [3.63, 3.8) is 0 Å². The highest BCUT2D eigenvalue weighted by Gasteiger charge is 2.28. The number of aromatic amines is 1. The minimum atomic E-state index is -1.01. The number of esters is 1. The van der Waals surface area contributed by atoms with Gasteiger partial charge in [-0.05, 0) is 41.5 Å². The minimum absolute atomic E-state index is 0.169. The van der Waals surface area contributed by atoms with Crippen molar-refractivity contribution in [1.82, 2.24) is 15.6 Å². The minimum Gasteiger partial charge on any atom is -0.467 e. The first-order valence-corrected chi connectivity index (χ1v) is 11.5. The number of para-hydroxylation sites is 1. The van der Waals surface area contributed by atoms with Crippen LogP contribution in [0.4, 0.5) is 4.39 Å². The third kappa shape index (κ3) is 5.96. The van der Waals surface area contributed by atoms with Crippen LogP contribution in [0.25, 0.3) is 10.9 Å². The number of hydrogen-bond donors (Lipinski definition) is 3. The maximum atomic E-state index is 13.4. The summed E-state index contributed by atoms with van der Waals surface area (Å²) in [4.78, 5) is 42.0. The van der Waals surface area contributed by atoms with Gasteiger partial charge in [0, 0.05) is 35.5 Å². The molecule has 36 heavy (non-hydrogen) atoms. The quantitative estimate of drug-likeness (QED) is 0.315. The molecule has 3 aromatic carbocycles. The van der Waals surface area contributed by atoms with E-state index in [-0.39, 0.29) is 18.4 Å². The second-order valence-corrected chi connectivity index (χ2v) is 8.37. The fraction of sp³-hybridized carbons (Fsp3) is 0.179. The first-order chi connectivity index (χ1) is 17.4. The third-order valence-electron chi connectivity index (χ3n) is 5.91. The number of benzene rings is 3. The van der Waals surface area contributed by atoms with Crippen LogP contribution < -0.4 is 10.6 Å². The number of fused-ring (bicyclic) bond motifs is 1. The normalized spacial score (nSPS) is 12.5. The molecule has 1 heterocycles. The van der Waals surface area contributed by atoms with Crippen molar-refractivity contribution in [2.24, 2.45) is 0 Å². The van der Waals surface area contributed by atoms with Gasteiger partial charge in [-0.15, -0.1) is 0 Å². The Balaban J connectivity index is 1.59. The zero-order chi connectivity index (χ0) is 25.5. The Morgan fingerprint density at radius 2 is 1.56 bits per heavy atom. The highest BCUT2D eigenvalue weighted by Crippen LogP contribution is 2.19. The molecule has 0 aliphatic heterocycles. The molecule has 0 aliphatic carbocycles. The molecule has 2 amide bonds. The van der Waals surface area contributed by atoms with Gasteiger partial charge in [0.25, 0.3) is 5.91 Å². The number of rotatable bonds is 9. The molecule has 0 saturated carbocycles. The van der Waals surface area contributed by atoms with Crippen LogP contribution in [0.15, 0.2) is 85.1 Å². The summed E-state index contributed by atoms with van der Waals surface area (Å²) < 4.78 is 18.2. The molecule has 2 atom stereocenters. The van der Waals surface area contributed by atoms with E-state index >= 15 is 0 Å². The molecule has 4 aromatic rings. The van der Waals surface area contributed by atoms with Crippen molar-refractivity contribution in [2.75, 3.05) is 7.11 Å². The Labute approximate surface area is 207 Å². The second-order valence-electron chi connectivity index (χ2n) is 8.37. The maximum Gasteiger partial charge on any atom is 0.328 e. The van der Waals surface area contributed by atoms with Gasteiger partial charge in [0.1, 0.15) is 17.9 Å². The molecule has 3 N–H and O–H groups in total. The van der Waals surface area contributed by atoms with Crippen molar-refractivity contribution in [3.05, 3.63) is 108 Å². The predicted octanol–water partition coefficient (Wildman–Crippen LogP) is 3.55. The molecule has 184 valence electrons. The van der Waals surface area contributed by atoms with Gasteiger partial charge in [0.05, 0.1) is 7.11 Å². The highest BCUT2D eigenvalue weighted by molar-refractivity contribution is 5.98. The Hall–Kier alpha value is -4.46. The summed E-state index contributed by atoms with van der Waals surface area (Å²) >= 11 is 0. The molecule has 0 radical (unpaired) electrons. The van der Waals surface area contributed by atoms with Crippen LogP contribution in [0.3, 0.4) is 0 Å². The Morgan fingerprint density at radius 1 is 0.861 bits per heavy atom. The summed E-state index contributed by atoms with van der Waals surface area (Å²) in [7, 11) is 1.26. The van der Waals surface area contributed by atoms with Crippen molar-refractivity contribution in [2.45, 2.75) is 24.9 Å². The maximum absolute atomic E-state index is 13.4. The van der Waals surface area contributed by atoms with Crippen LogP contribution in [0.1, 0.15) is 21.5 Å². The van der Waals surface area contributed by atoms with Gasteiger partial charge < -0.3 is 20.4 Å². The molecule has 7 nitrogen and oxygen atoms in total. The summed E-state index contributed by atoms with van der Waals surface area (Å²) in [5.74, 6) is -2.14. The average molecular weight is 488 g/mol. The summed E-state index contributed by atoms with van der Waals surface area (Å²) in [6.07, 6.45) is 2.18. The smallest absolute Gasteiger partial charge is 0.328 e. The zero-order valence-corrected chi connectivity index (χ0v) is 19.7. The standard InChI is InChI=1S/C28H26FN3O4/c1-36-28(35)25(15-18-7-3-2-4-8-18)32-27(34)24(31-26(33)19-11-13-21(29)14-12-19)16-20-17-30-23-10-6-5-9-22(20)23/h2-14,17,24-25,30H,15-16H2,1H3,(H,31,33)(H,32,34)/t24-,25+/m0/s1. The van der Waals surface area contributed by atoms with E-state index in [1.807, 2.05) is 54.6 Å². The van der Waals surface area contributed by atoms with Gasteiger partial charge in [0.15, 0.2) is 0 Å². The number of aromatic nitrogens is 1. The zero-order valence-electron chi connectivity index (χ0n) is 19.7. The lowest BCUT2D eigenvalue weighted by molar-refractivity contribution is -0.145. The van der Waals surface area contributed by atoms with Crippen molar-refractivity contribution in [1.29, 1.82) is 0 Å². The number of ether oxygens (including phenoxy) is 1. The van der Waals surface area contributed by atoms with E-state index in [0.717, 1.165) is 22.0 Å². The summed E-state index contributed by atoms with van der Waals surface area (Å²) in [6.45, 7) is 0. The molecule has 4 rings (SSSR count). The first-order valence-electron chi connectivity index (χ1n) is 11.5. The molecule has 0 fully saturated rings. The summed E-state index contributed by atoms with van der Waals surface area (Å²) in [5, 5.41) is 6.40. The molecule has 0 spiro atoms. The van der Waals surface area contributed by atoms with Crippen LogP contribution in [-0.4, -0.2) is 42.0 Å². The molecular formula is C28H26FN3O4. The van der Waals surface area contributed by atoms with Gasteiger partial charge in [0.2, 0.25) is 5.91 Å². The van der Waals surface area contributed by atoms with Crippen molar-refractivity contribution >= 4 is 28.7 Å². The van der Waals surface area contributed by atoms with Crippen LogP contribution in [0.5, 0.6) is 0 Å². The van der Waals surface area contributed by atoms with Gasteiger partial charge in [-0.1, -0.05) is 48.5 Å². The molecular weight excluding hydrogens is 461 g/mol. The number of nitrogens with one attached hydrogen (secondary N) is 3. The Kier molecular flexibility index (Phi) is 7.75. The van der Waals surface area contributed by atoms with E-state index in [9.17, 15) is 18.8 Å². The Bertz CT molecular complexity index is 1350. The van der Waals surface area contributed by atoms with Crippen molar-refractivity contribution in [3.8, 4) is 0 Å². The van der Waals surface area contributed by atoms with E-state index in [1.165, 1.54) is 31.4 Å². The van der Waals surface area contributed by atoms with Crippen LogP contribution in [0.2, 0.25) is 0 Å². The monoisotopic (exact) mass is 487 g/mol. The number of carbonyl (C=O) groups excluding carboxylic acids is 3. The van der Waals surface area contributed by atoms with E-state index in [2.05, 4.69) is 15.6 Å². The molecule has 0 bridgehead atoms. The third-order valence-corrected chi connectivity index (χ3v) is 5.91. The van der Waals surface area contributed by atoms with E-state index < -0.39 is 35.7 Å². The number of carbonyl (C=O) groups is 3. The SMILES string of the molecule is COC(=O)[C@@H](Cc1ccccc1)NC(=O)[C@H](Cc1c[nH]c2ccccc12)NC(=O)c1ccc(F)cc1. The van der Waals surface area contributed by atoms with Crippen LogP contribution >= 0.6 is 0 Å². The van der Waals surface area contributed by atoms with Gasteiger partial charge in [-0.25, -0.2) is 9.18 Å². The number of H-pyrrole nitrogens is 1. The number of halogens is 1. The largest absolute Gasteiger partial charge is 0.467 e. The van der Waals surface area contributed by atoms with Crippen LogP contribution in [0, 0.1) is 5.82 Å². The number of methoxy groups -OCH3 is 1. The Morgan fingerprint density at radius 3 is 2.28 bits per heavy atom. The van der Waals surface area contributed by atoms with E-state index in [1.54, 1.807) is 6.20 Å². The second kappa shape index (κ2) is 11.3. The first kappa shape index (κ1) is 24.7. The highest BCUT2D eigenvalue weighted by atomic mass is 19.1. The van der Waals surface area contributed by atoms with Gasteiger partial charge in [-0.2, -0.15) is 0 Å². The number of hydrogen-bond acceptors (Lipinski definition) is 4. The molecule has 0 aliphatic rings. The molecule has 1 aromatic heterocycles. The molecule has 0 saturated heterocycles. The molecule has 8 heteroatoms. The molecule has 0 unspecified atom stereocenters. The topological polar surface area (TPSA) is 100 Å². The van der Waals surface area contributed by atoms with Crippen molar-refractivity contribution < 1.29 is 23.5 Å². The number of amides is 2. The summed E-state index contributed by atoms with van der Waals surface area (Å²) in [5.41, 5.74) is 2.77. The van der Waals surface area contributed by atoms with Gasteiger partial charge >= 0.3 is 5.97 Å².